The van der Waals surface area contributed by atoms with E-state index in [0.717, 1.165) is 35.2 Å². The summed E-state index contributed by atoms with van der Waals surface area (Å²) in [6, 6.07) is 25.2. The minimum atomic E-state index is -0.323. The molecular formula is C30H32N4O4. The normalized spacial score (nSPS) is 11.5. The highest BCUT2D eigenvalue weighted by Gasteiger charge is 2.14. The number of hydrogen-bond acceptors (Lipinski definition) is 7. The molecule has 0 aliphatic carbocycles. The Morgan fingerprint density at radius 3 is 2.16 bits per heavy atom. The molecule has 0 fully saturated rings. The molecule has 0 bridgehead atoms. The lowest BCUT2D eigenvalue weighted by atomic mass is 10.00. The number of hydrogen-bond donors (Lipinski definition) is 2. The maximum absolute atomic E-state index is 12.4. The molecule has 1 aromatic heterocycles. The molecule has 38 heavy (non-hydrogen) atoms. The van der Waals surface area contributed by atoms with Gasteiger partial charge in [0.15, 0.2) is 0 Å². The molecule has 8 heteroatoms. The summed E-state index contributed by atoms with van der Waals surface area (Å²) < 4.78 is 10.8. The number of anilines is 1. The first-order valence-electron chi connectivity index (χ1n) is 12.9. The number of ether oxygens (including phenoxy) is 1. The van der Waals surface area contributed by atoms with Crippen molar-refractivity contribution in [1.82, 2.24) is 15.5 Å². The number of benzene rings is 3. The van der Waals surface area contributed by atoms with Gasteiger partial charge >= 0.3 is 5.97 Å². The van der Waals surface area contributed by atoms with Crippen molar-refractivity contribution in [2.75, 3.05) is 18.5 Å². The Morgan fingerprint density at radius 1 is 0.868 bits per heavy atom. The van der Waals surface area contributed by atoms with Gasteiger partial charge in [0, 0.05) is 28.9 Å². The van der Waals surface area contributed by atoms with Gasteiger partial charge in [-0.2, -0.15) is 0 Å². The van der Waals surface area contributed by atoms with Gasteiger partial charge in [-0.1, -0.05) is 43.7 Å². The number of aromatic nitrogens is 2. The third-order valence-electron chi connectivity index (χ3n) is 5.99. The Labute approximate surface area is 222 Å². The van der Waals surface area contributed by atoms with Crippen LogP contribution >= 0.6 is 0 Å². The molecule has 2 N–H and O–H groups in total. The van der Waals surface area contributed by atoms with Gasteiger partial charge in [0.1, 0.15) is 0 Å². The molecule has 0 aliphatic heterocycles. The fourth-order valence-electron chi connectivity index (χ4n) is 4.04. The molecule has 3 aromatic carbocycles. The van der Waals surface area contributed by atoms with Gasteiger partial charge in [-0.25, -0.2) is 0 Å². The summed E-state index contributed by atoms with van der Waals surface area (Å²) in [6.07, 6.45) is 2.09. The van der Waals surface area contributed by atoms with E-state index in [-0.39, 0.29) is 30.9 Å². The Morgan fingerprint density at radius 2 is 1.53 bits per heavy atom. The van der Waals surface area contributed by atoms with Gasteiger partial charge in [-0.05, 0) is 67.4 Å². The summed E-state index contributed by atoms with van der Waals surface area (Å²) >= 11 is 0. The number of nitrogens with zero attached hydrogens (tertiary/aromatic N) is 2. The largest absolute Gasteiger partial charge is 0.466 e. The van der Waals surface area contributed by atoms with E-state index in [2.05, 4.69) is 39.9 Å². The quantitative estimate of drug-likeness (QED) is 0.223. The maximum atomic E-state index is 12.4. The highest BCUT2D eigenvalue weighted by molar-refractivity contribution is 5.94. The predicted octanol–water partition coefficient (Wildman–Crippen LogP) is 6.04. The van der Waals surface area contributed by atoms with Crippen molar-refractivity contribution in [3.8, 4) is 22.9 Å². The number of amides is 1. The highest BCUT2D eigenvalue weighted by atomic mass is 16.5. The van der Waals surface area contributed by atoms with E-state index in [1.807, 2.05) is 54.6 Å². The summed E-state index contributed by atoms with van der Waals surface area (Å²) in [5.74, 6) is 0.423. The third kappa shape index (κ3) is 7.06. The lowest BCUT2D eigenvalue weighted by Crippen LogP contribution is -2.26. The van der Waals surface area contributed by atoms with E-state index < -0.39 is 0 Å². The van der Waals surface area contributed by atoms with E-state index in [9.17, 15) is 9.59 Å². The average molecular weight is 513 g/mol. The second kappa shape index (κ2) is 13.2. The van der Waals surface area contributed by atoms with E-state index in [4.69, 9.17) is 9.15 Å². The number of carbonyl (C=O) groups excluding carboxylic acids is 2. The number of esters is 1. The van der Waals surface area contributed by atoms with Gasteiger partial charge in [0.2, 0.25) is 11.8 Å². The summed E-state index contributed by atoms with van der Waals surface area (Å²) in [5.41, 5.74) is 4.33. The molecule has 196 valence electrons. The van der Waals surface area contributed by atoms with Crippen molar-refractivity contribution in [2.24, 2.45) is 0 Å². The van der Waals surface area contributed by atoms with Crippen LogP contribution in [0.15, 0.2) is 83.3 Å². The van der Waals surface area contributed by atoms with Gasteiger partial charge < -0.3 is 19.8 Å². The van der Waals surface area contributed by atoms with Crippen LogP contribution in [0.25, 0.3) is 22.9 Å². The summed E-state index contributed by atoms with van der Waals surface area (Å²) in [4.78, 5) is 23.8. The zero-order chi connectivity index (χ0) is 26.7. The maximum Gasteiger partial charge on any atom is 0.307 e. The summed E-state index contributed by atoms with van der Waals surface area (Å²) in [5, 5.41) is 14.7. The molecule has 1 atom stereocenters. The zero-order valence-electron chi connectivity index (χ0n) is 21.6. The van der Waals surface area contributed by atoms with Gasteiger partial charge in [0.05, 0.1) is 19.1 Å². The predicted molar refractivity (Wildman–Crippen MR) is 146 cm³/mol. The third-order valence-corrected chi connectivity index (χ3v) is 5.99. The van der Waals surface area contributed by atoms with Crippen molar-refractivity contribution in [3.63, 3.8) is 0 Å². The second-order valence-electron chi connectivity index (χ2n) is 8.77. The summed E-state index contributed by atoms with van der Waals surface area (Å²) in [7, 11) is 0. The molecule has 4 rings (SSSR count). The van der Waals surface area contributed by atoms with Crippen LogP contribution in [-0.2, 0) is 9.53 Å². The zero-order valence-corrected chi connectivity index (χ0v) is 21.6. The van der Waals surface area contributed by atoms with Crippen LogP contribution in [0.1, 0.15) is 55.1 Å². The summed E-state index contributed by atoms with van der Waals surface area (Å²) in [6.45, 7) is 4.47. The SMILES string of the molecule is CCCC(Nc1ccc(C(=O)NCCC(=O)OCC)cc1)c1ccc(-c2nnc(-c3ccccc3)o2)cc1. The Kier molecular flexibility index (Phi) is 9.23. The van der Waals surface area contributed by atoms with Crippen molar-refractivity contribution >= 4 is 17.6 Å². The first-order valence-corrected chi connectivity index (χ1v) is 12.9. The smallest absolute Gasteiger partial charge is 0.307 e. The minimum Gasteiger partial charge on any atom is -0.466 e. The molecular weight excluding hydrogens is 480 g/mol. The molecule has 1 heterocycles. The van der Waals surface area contributed by atoms with Crippen molar-refractivity contribution in [1.29, 1.82) is 0 Å². The lowest BCUT2D eigenvalue weighted by Gasteiger charge is -2.20. The van der Waals surface area contributed by atoms with E-state index in [0.29, 0.717) is 24.0 Å². The van der Waals surface area contributed by atoms with Crippen LogP contribution in [-0.4, -0.2) is 35.2 Å². The molecule has 0 spiro atoms. The number of nitrogens with one attached hydrogen (secondary N) is 2. The monoisotopic (exact) mass is 512 g/mol. The molecule has 0 aliphatic rings. The average Bonchev–Trinajstić information content (AvgIpc) is 3.44. The van der Waals surface area contributed by atoms with E-state index in [1.165, 1.54) is 0 Å². The van der Waals surface area contributed by atoms with Crippen molar-refractivity contribution in [2.45, 2.75) is 39.2 Å². The van der Waals surface area contributed by atoms with Crippen LogP contribution in [0.5, 0.6) is 0 Å². The first kappa shape index (κ1) is 26.6. The second-order valence-corrected chi connectivity index (χ2v) is 8.77. The number of carbonyl (C=O) groups is 2. The van der Waals surface area contributed by atoms with Crippen LogP contribution in [0.4, 0.5) is 5.69 Å². The van der Waals surface area contributed by atoms with Crippen LogP contribution in [0, 0.1) is 0 Å². The molecule has 0 saturated carbocycles. The molecule has 1 unspecified atom stereocenters. The lowest BCUT2D eigenvalue weighted by molar-refractivity contribution is -0.142. The van der Waals surface area contributed by atoms with Crippen molar-refractivity contribution in [3.05, 3.63) is 90.0 Å². The van der Waals surface area contributed by atoms with Gasteiger partial charge in [-0.3, -0.25) is 9.59 Å². The van der Waals surface area contributed by atoms with Crippen LogP contribution in [0.2, 0.25) is 0 Å². The number of rotatable bonds is 12. The fourth-order valence-corrected chi connectivity index (χ4v) is 4.04. The fraction of sp³-hybridized carbons (Fsp3) is 0.267. The first-order chi connectivity index (χ1) is 18.6. The molecule has 8 nitrogen and oxygen atoms in total. The molecule has 0 radical (unpaired) electrons. The molecule has 0 saturated heterocycles. The topological polar surface area (TPSA) is 106 Å². The van der Waals surface area contributed by atoms with Crippen LogP contribution < -0.4 is 10.6 Å². The minimum absolute atomic E-state index is 0.0980. The molecule has 4 aromatic rings. The Balaban J connectivity index is 1.37. The molecule has 1 amide bonds. The standard InChI is InChI=1S/C30H32N4O4/c1-3-8-26(32-25-17-15-22(16-18-25)28(36)31-20-19-27(35)37-4-2)21-11-13-24(14-12-21)30-34-33-29(38-30)23-9-6-5-7-10-23/h5-7,9-18,26,32H,3-4,8,19-20H2,1-2H3,(H,31,36). The Bertz CT molecular complexity index is 1320. The van der Waals surface area contributed by atoms with Gasteiger partial charge in [0.25, 0.3) is 5.91 Å². The van der Waals surface area contributed by atoms with Gasteiger partial charge in [-0.15, -0.1) is 10.2 Å². The van der Waals surface area contributed by atoms with Crippen molar-refractivity contribution < 1.29 is 18.7 Å². The van der Waals surface area contributed by atoms with E-state index in [1.54, 1.807) is 19.1 Å². The highest BCUT2D eigenvalue weighted by Crippen LogP contribution is 2.28. The Hall–Kier alpha value is -4.46. The van der Waals surface area contributed by atoms with E-state index >= 15 is 0 Å². The van der Waals surface area contributed by atoms with Crippen LogP contribution in [0.3, 0.4) is 0 Å².